The molecule has 1 heterocycles. The van der Waals surface area contributed by atoms with Crippen molar-refractivity contribution in [3.63, 3.8) is 0 Å². The Morgan fingerprint density at radius 1 is 1.06 bits per heavy atom. The molecule has 1 aromatic carbocycles. The minimum absolute atomic E-state index is 0.938. The minimum Gasteiger partial charge on any atom is -0.383 e. The summed E-state index contributed by atoms with van der Waals surface area (Å²) in [5, 5.41) is 8.00. The fraction of sp³-hybridized carbons (Fsp3) is 0.357. The molecule has 0 saturated heterocycles. The largest absolute Gasteiger partial charge is 0.383 e. The molecule has 90 valence electrons. The SMILES string of the molecule is CCCNCCNc1ccnc2ccccc12. The lowest BCUT2D eigenvalue weighted by atomic mass is 10.2. The second-order valence-corrected chi connectivity index (χ2v) is 4.05. The van der Waals surface area contributed by atoms with Gasteiger partial charge >= 0.3 is 0 Å². The summed E-state index contributed by atoms with van der Waals surface area (Å²) in [5.74, 6) is 0. The van der Waals surface area contributed by atoms with Crippen LogP contribution in [0.15, 0.2) is 36.5 Å². The van der Waals surface area contributed by atoms with Gasteiger partial charge in [0.25, 0.3) is 0 Å². The molecule has 0 bridgehead atoms. The van der Waals surface area contributed by atoms with Crippen LogP contribution in [0.2, 0.25) is 0 Å². The van der Waals surface area contributed by atoms with Gasteiger partial charge < -0.3 is 10.6 Å². The molecule has 2 aromatic rings. The van der Waals surface area contributed by atoms with Crippen molar-refractivity contribution in [1.82, 2.24) is 10.3 Å². The lowest BCUT2D eigenvalue weighted by Gasteiger charge is -2.09. The molecule has 0 unspecified atom stereocenters. The molecule has 0 aliphatic carbocycles. The van der Waals surface area contributed by atoms with Gasteiger partial charge in [0.1, 0.15) is 0 Å². The van der Waals surface area contributed by atoms with Gasteiger partial charge in [-0.15, -0.1) is 0 Å². The zero-order valence-electron chi connectivity index (χ0n) is 10.2. The Morgan fingerprint density at radius 3 is 2.82 bits per heavy atom. The summed E-state index contributed by atoms with van der Waals surface area (Å²) in [6.45, 7) is 5.19. The average Bonchev–Trinajstić information content (AvgIpc) is 2.39. The van der Waals surface area contributed by atoms with E-state index in [1.54, 1.807) is 0 Å². The fourth-order valence-electron chi connectivity index (χ4n) is 1.84. The van der Waals surface area contributed by atoms with Crippen molar-refractivity contribution in [1.29, 1.82) is 0 Å². The first-order chi connectivity index (χ1) is 8.42. The van der Waals surface area contributed by atoms with Crippen LogP contribution in [0.5, 0.6) is 0 Å². The Hall–Kier alpha value is -1.61. The van der Waals surface area contributed by atoms with Gasteiger partial charge in [-0.3, -0.25) is 4.98 Å². The number of rotatable bonds is 6. The third-order valence-corrected chi connectivity index (χ3v) is 2.69. The second-order valence-electron chi connectivity index (χ2n) is 4.05. The van der Waals surface area contributed by atoms with Crippen molar-refractivity contribution in [3.05, 3.63) is 36.5 Å². The van der Waals surface area contributed by atoms with Crippen molar-refractivity contribution >= 4 is 16.6 Å². The number of anilines is 1. The van der Waals surface area contributed by atoms with E-state index in [1.807, 2.05) is 30.5 Å². The Kier molecular flexibility index (Phi) is 4.33. The molecule has 0 fully saturated rings. The smallest absolute Gasteiger partial charge is 0.0722 e. The number of hydrogen-bond donors (Lipinski definition) is 2. The highest BCUT2D eigenvalue weighted by atomic mass is 14.9. The van der Waals surface area contributed by atoms with Gasteiger partial charge in [-0.25, -0.2) is 0 Å². The van der Waals surface area contributed by atoms with E-state index in [0.717, 1.165) is 30.8 Å². The van der Waals surface area contributed by atoms with E-state index >= 15 is 0 Å². The molecule has 0 aliphatic rings. The van der Waals surface area contributed by atoms with Crippen LogP contribution in [0.3, 0.4) is 0 Å². The van der Waals surface area contributed by atoms with Gasteiger partial charge in [0.15, 0.2) is 0 Å². The Labute approximate surface area is 102 Å². The lowest BCUT2D eigenvalue weighted by molar-refractivity contribution is 0.688. The standard InChI is InChI=1S/C14H19N3/c1-2-8-15-10-11-17-14-7-9-16-13-6-4-3-5-12(13)14/h3-7,9,15H,2,8,10-11H2,1H3,(H,16,17). The van der Waals surface area contributed by atoms with Crippen LogP contribution in [0.1, 0.15) is 13.3 Å². The molecule has 0 atom stereocenters. The molecular formula is C14H19N3. The predicted molar refractivity (Wildman–Crippen MR) is 73.4 cm³/mol. The van der Waals surface area contributed by atoms with Crippen LogP contribution in [-0.4, -0.2) is 24.6 Å². The van der Waals surface area contributed by atoms with Crippen LogP contribution in [0.25, 0.3) is 10.9 Å². The van der Waals surface area contributed by atoms with Crippen molar-refractivity contribution in [2.75, 3.05) is 25.0 Å². The molecule has 0 spiro atoms. The van der Waals surface area contributed by atoms with Crippen molar-refractivity contribution in [3.8, 4) is 0 Å². The average molecular weight is 229 g/mol. The van der Waals surface area contributed by atoms with Crippen LogP contribution >= 0.6 is 0 Å². The molecule has 0 amide bonds. The molecule has 2 N–H and O–H groups in total. The third-order valence-electron chi connectivity index (χ3n) is 2.69. The van der Waals surface area contributed by atoms with Gasteiger partial charge in [-0.1, -0.05) is 25.1 Å². The van der Waals surface area contributed by atoms with Gasteiger partial charge in [-0.05, 0) is 25.1 Å². The van der Waals surface area contributed by atoms with Crippen LogP contribution in [-0.2, 0) is 0 Å². The molecular weight excluding hydrogens is 210 g/mol. The zero-order valence-corrected chi connectivity index (χ0v) is 10.2. The molecule has 3 heteroatoms. The number of nitrogens with zero attached hydrogens (tertiary/aromatic N) is 1. The van der Waals surface area contributed by atoms with E-state index in [9.17, 15) is 0 Å². The quantitative estimate of drug-likeness (QED) is 0.748. The molecule has 3 nitrogen and oxygen atoms in total. The topological polar surface area (TPSA) is 37.0 Å². The number of hydrogen-bond acceptors (Lipinski definition) is 3. The molecule has 1 aromatic heterocycles. The van der Waals surface area contributed by atoms with E-state index in [4.69, 9.17) is 0 Å². The highest BCUT2D eigenvalue weighted by molar-refractivity contribution is 5.90. The number of para-hydroxylation sites is 1. The van der Waals surface area contributed by atoms with Gasteiger partial charge in [0.05, 0.1) is 5.52 Å². The molecule has 0 aliphatic heterocycles. The molecule has 0 radical (unpaired) electrons. The number of aromatic nitrogens is 1. The first kappa shape index (κ1) is 11.9. The maximum absolute atomic E-state index is 4.34. The lowest BCUT2D eigenvalue weighted by Crippen LogP contribution is -2.22. The first-order valence-corrected chi connectivity index (χ1v) is 6.20. The summed E-state index contributed by atoms with van der Waals surface area (Å²) in [6.07, 6.45) is 3.03. The molecule has 0 saturated carbocycles. The highest BCUT2D eigenvalue weighted by Crippen LogP contribution is 2.20. The van der Waals surface area contributed by atoms with Crippen LogP contribution < -0.4 is 10.6 Å². The summed E-state index contributed by atoms with van der Waals surface area (Å²) in [4.78, 5) is 4.34. The monoisotopic (exact) mass is 229 g/mol. The maximum atomic E-state index is 4.34. The van der Waals surface area contributed by atoms with Gasteiger partial charge in [0, 0.05) is 30.4 Å². The Bertz CT molecular complexity index is 462. The minimum atomic E-state index is 0.938. The van der Waals surface area contributed by atoms with E-state index in [-0.39, 0.29) is 0 Å². The molecule has 2 rings (SSSR count). The number of nitrogens with one attached hydrogen (secondary N) is 2. The summed E-state index contributed by atoms with van der Waals surface area (Å²) in [7, 11) is 0. The van der Waals surface area contributed by atoms with Crippen molar-refractivity contribution < 1.29 is 0 Å². The Balaban J connectivity index is 1.98. The maximum Gasteiger partial charge on any atom is 0.0722 e. The fourth-order valence-corrected chi connectivity index (χ4v) is 1.84. The van der Waals surface area contributed by atoms with Gasteiger partial charge in [0.2, 0.25) is 0 Å². The molecule has 17 heavy (non-hydrogen) atoms. The number of benzene rings is 1. The van der Waals surface area contributed by atoms with Crippen molar-refractivity contribution in [2.45, 2.75) is 13.3 Å². The first-order valence-electron chi connectivity index (χ1n) is 6.20. The number of fused-ring (bicyclic) bond motifs is 1. The van der Waals surface area contributed by atoms with Gasteiger partial charge in [-0.2, -0.15) is 0 Å². The van der Waals surface area contributed by atoms with E-state index in [2.05, 4.69) is 28.6 Å². The summed E-state index contributed by atoms with van der Waals surface area (Å²) < 4.78 is 0. The van der Waals surface area contributed by atoms with Crippen LogP contribution in [0.4, 0.5) is 5.69 Å². The summed E-state index contributed by atoms with van der Waals surface area (Å²) in [5.41, 5.74) is 2.20. The van der Waals surface area contributed by atoms with Crippen LogP contribution in [0, 0.1) is 0 Å². The predicted octanol–water partition coefficient (Wildman–Crippen LogP) is 2.65. The second kappa shape index (κ2) is 6.21. The normalized spacial score (nSPS) is 10.6. The summed E-state index contributed by atoms with van der Waals surface area (Å²) >= 11 is 0. The van der Waals surface area contributed by atoms with E-state index < -0.39 is 0 Å². The third kappa shape index (κ3) is 3.17. The van der Waals surface area contributed by atoms with Crippen molar-refractivity contribution in [2.24, 2.45) is 0 Å². The van der Waals surface area contributed by atoms with E-state index in [1.165, 1.54) is 11.8 Å². The van der Waals surface area contributed by atoms with E-state index in [0.29, 0.717) is 0 Å². The summed E-state index contributed by atoms with van der Waals surface area (Å²) in [6, 6.07) is 10.2. The zero-order chi connectivity index (χ0) is 11.9. The number of pyridine rings is 1. The Morgan fingerprint density at radius 2 is 1.94 bits per heavy atom. The highest BCUT2D eigenvalue weighted by Gasteiger charge is 1.99.